The van der Waals surface area contributed by atoms with E-state index < -0.39 is 16.5 Å². The Kier molecular flexibility index (Phi) is 3.82. The van der Waals surface area contributed by atoms with Gasteiger partial charge in [-0.15, -0.1) is 0 Å². The van der Waals surface area contributed by atoms with E-state index in [1.54, 1.807) is 0 Å². The van der Waals surface area contributed by atoms with Gasteiger partial charge in [0.25, 0.3) is 0 Å². The highest BCUT2D eigenvalue weighted by Gasteiger charge is 2.60. The van der Waals surface area contributed by atoms with Crippen molar-refractivity contribution in [1.82, 2.24) is 4.23 Å². The van der Waals surface area contributed by atoms with Crippen LogP contribution in [0.1, 0.15) is 48.5 Å². The molecule has 1 heterocycles. The van der Waals surface area contributed by atoms with Crippen LogP contribution in [0.5, 0.6) is 0 Å². The zero-order chi connectivity index (χ0) is 13.7. The van der Waals surface area contributed by atoms with Crippen LogP contribution in [0, 0.1) is 0 Å². The van der Waals surface area contributed by atoms with Crippen molar-refractivity contribution in [2.45, 2.75) is 83.7 Å². The average Bonchev–Trinajstić information content (AvgIpc) is 2.39. The second kappa shape index (κ2) is 4.21. The molecule has 0 saturated carbocycles. The van der Waals surface area contributed by atoms with Crippen molar-refractivity contribution >= 4 is 16.5 Å². The van der Waals surface area contributed by atoms with E-state index in [0.29, 0.717) is 10.1 Å². The Labute approximate surface area is 111 Å². The van der Waals surface area contributed by atoms with Crippen molar-refractivity contribution in [2.75, 3.05) is 6.54 Å². The van der Waals surface area contributed by atoms with Gasteiger partial charge in [0, 0.05) is 0 Å². The van der Waals surface area contributed by atoms with Gasteiger partial charge in [-0.1, -0.05) is 61.6 Å². The van der Waals surface area contributed by atoms with Crippen molar-refractivity contribution in [3.05, 3.63) is 0 Å². The maximum atomic E-state index is 3.06. The maximum absolute atomic E-state index is 3.06. The molecule has 1 fully saturated rings. The van der Waals surface area contributed by atoms with E-state index in [9.17, 15) is 0 Å². The zero-order valence-corrected chi connectivity index (χ0v) is 15.6. The topological polar surface area (TPSA) is 3.24 Å². The van der Waals surface area contributed by atoms with Crippen molar-refractivity contribution in [1.29, 1.82) is 0 Å². The minimum atomic E-state index is -1.27. The molecule has 0 amide bonds. The van der Waals surface area contributed by atoms with Crippen LogP contribution in [0.15, 0.2) is 0 Å². The molecule has 17 heavy (non-hydrogen) atoms. The predicted octanol–water partition coefficient (Wildman–Crippen LogP) is 5.07. The minimum Gasteiger partial charge on any atom is -0.345 e. The lowest BCUT2D eigenvalue weighted by Crippen LogP contribution is -2.64. The average molecular weight is 272 g/mol. The third-order valence-corrected chi connectivity index (χ3v) is 21.2. The lowest BCUT2D eigenvalue weighted by Gasteiger charge is -2.52. The Balaban J connectivity index is 3.21. The lowest BCUT2D eigenvalue weighted by molar-refractivity contribution is 0.543. The normalized spacial score (nSPS) is 36.5. The third kappa shape index (κ3) is 2.19. The van der Waals surface area contributed by atoms with Crippen molar-refractivity contribution in [2.24, 2.45) is 0 Å². The van der Waals surface area contributed by atoms with Crippen LogP contribution in [-0.4, -0.2) is 27.2 Å². The highest BCUT2D eigenvalue weighted by molar-refractivity contribution is 6.98. The van der Waals surface area contributed by atoms with Crippen LogP contribution in [0.2, 0.25) is 35.3 Å². The highest BCUT2D eigenvalue weighted by atomic mass is 28.4. The van der Waals surface area contributed by atoms with Gasteiger partial charge in [0.15, 0.2) is 0 Å². The molecule has 1 rings (SSSR count). The first-order valence-corrected chi connectivity index (χ1v) is 12.5. The van der Waals surface area contributed by atoms with Crippen LogP contribution in [0.4, 0.5) is 0 Å². The summed E-state index contributed by atoms with van der Waals surface area (Å²) in [6.07, 6.45) is 0. The molecule has 2 unspecified atom stereocenters. The van der Waals surface area contributed by atoms with Crippen molar-refractivity contribution in [3.63, 3.8) is 0 Å². The molecule has 0 aliphatic carbocycles. The zero-order valence-electron chi connectivity index (χ0n) is 13.6. The van der Waals surface area contributed by atoms with Crippen LogP contribution in [0.3, 0.4) is 0 Å². The molecule has 0 spiro atoms. The van der Waals surface area contributed by atoms with Crippen molar-refractivity contribution < 1.29 is 0 Å². The molecule has 0 bridgehead atoms. The molecular weight excluding hydrogens is 238 g/mol. The summed E-state index contributed by atoms with van der Waals surface area (Å²) in [5.41, 5.74) is 0. The van der Waals surface area contributed by atoms with Crippen LogP contribution in [-0.2, 0) is 0 Å². The summed E-state index contributed by atoms with van der Waals surface area (Å²) >= 11 is 0. The van der Waals surface area contributed by atoms with E-state index in [0.717, 1.165) is 0 Å². The molecule has 0 aromatic rings. The first-order chi connectivity index (χ1) is 7.40. The van der Waals surface area contributed by atoms with E-state index in [1.807, 2.05) is 0 Å². The van der Waals surface area contributed by atoms with Crippen LogP contribution >= 0.6 is 0 Å². The van der Waals surface area contributed by atoms with Crippen LogP contribution in [0.25, 0.3) is 0 Å². The first kappa shape index (κ1) is 15.5. The number of rotatable bonds is 1. The van der Waals surface area contributed by atoms with Gasteiger partial charge in [0.2, 0.25) is 0 Å². The van der Waals surface area contributed by atoms with E-state index >= 15 is 0 Å². The maximum Gasteiger partial charge on any atom is 0.123 e. The Morgan fingerprint density at radius 1 is 0.824 bits per heavy atom. The fourth-order valence-electron chi connectivity index (χ4n) is 3.56. The summed E-state index contributed by atoms with van der Waals surface area (Å²) in [7, 11) is -2.53. The molecule has 3 heteroatoms. The van der Waals surface area contributed by atoms with Gasteiger partial charge in [-0.05, 0) is 28.7 Å². The second-order valence-electron chi connectivity index (χ2n) is 8.29. The summed E-state index contributed by atoms with van der Waals surface area (Å²) < 4.78 is 3.06. The highest BCUT2D eigenvalue weighted by Crippen LogP contribution is 2.56. The molecule has 1 saturated heterocycles. The molecule has 102 valence electrons. The van der Waals surface area contributed by atoms with Gasteiger partial charge in [0.1, 0.15) is 16.5 Å². The molecule has 1 aliphatic rings. The summed E-state index contributed by atoms with van der Waals surface area (Å²) in [4.78, 5) is 0. The summed E-state index contributed by atoms with van der Waals surface area (Å²) in [5.74, 6) is 0. The van der Waals surface area contributed by atoms with Gasteiger partial charge in [0.05, 0.1) is 0 Å². The summed E-state index contributed by atoms with van der Waals surface area (Å²) in [5, 5.41) is 1.03. The smallest absolute Gasteiger partial charge is 0.123 e. The monoisotopic (exact) mass is 271 g/mol. The quantitative estimate of drug-likeness (QED) is 0.602. The molecule has 1 nitrogen and oxygen atoms in total. The minimum absolute atomic E-state index is 0.513. The summed E-state index contributed by atoms with van der Waals surface area (Å²) in [6, 6.07) is 3.04. The second-order valence-corrected chi connectivity index (χ2v) is 18.9. The van der Waals surface area contributed by atoms with E-state index in [1.165, 1.54) is 18.6 Å². The molecule has 2 atom stereocenters. The molecule has 0 aromatic carbocycles. The van der Waals surface area contributed by atoms with E-state index in [2.05, 4.69) is 65.8 Å². The Hall–Kier alpha value is 0.394. The summed E-state index contributed by atoms with van der Waals surface area (Å²) in [6.45, 7) is 23.8. The fraction of sp³-hybridized carbons (Fsp3) is 1.00. The molecular formula is C14H33NSi2. The molecule has 0 aromatic heterocycles. The molecule has 0 N–H and O–H groups in total. The lowest BCUT2D eigenvalue weighted by atomic mass is 10.2. The molecule has 0 radical (unpaired) electrons. The number of hydrogen-bond donors (Lipinski definition) is 0. The van der Waals surface area contributed by atoms with Gasteiger partial charge in [-0.3, -0.25) is 0 Å². The SMILES string of the molecule is CCN1[Si](C)(C(C)(C)C)CC[Si]1(C)C(C)(C)C. The van der Waals surface area contributed by atoms with Crippen LogP contribution < -0.4 is 0 Å². The Bertz CT molecular complexity index is 262. The largest absolute Gasteiger partial charge is 0.345 e. The van der Waals surface area contributed by atoms with E-state index in [-0.39, 0.29) is 0 Å². The molecule has 1 aliphatic heterocycles. The number of hydrogen-bond acceptors (Lipinski definition) is 1. The standard InChI is InChI=1S/C14H33NSi2/c1-10-15-16(8,13(2,3)4)11-12-17(15,9)14(5,6)7/h10-12H2,1-9H3. The van der Waals surface area contributed by atoms with Gasteiger partial charge in [-0.2, -0.15) is 0 Å². The Morgan fingerprint density at radius 3 is 1.29 bits per heavy atom. The van der Waals surface area contributed by atoms with E-state index in [4.69, 9.17) is 0 Å². The number of nitrogens with zero attached hydrogens (tertiary/aromatic N) is 1. The fourth-order valence-corrected chi connectivity index (χ4v) is 19.5. The predicted molar refractivity (Wildman–Crippen MR) is 84.7 cm³/mol. The first-order valence-electron chi connectivity index (χ1n) is 7.18. The third-order valence-electron chi connectivity index (χ3n) is 5.84. The van der Waals surface area contributed by atoms with Crippen molar-refractivity contribution in [3.8, 4) is 0 Å². The van der Waals surface area contributed by atoms with Gasteiger partial charge >= 0.3 is 0 Å². The Morgan fingerprint density at radius 2 is 1.12 bits per heavy atom. The van der Waals surface area contributed by atoms with Gasteiger partial charge in [-0.25, -0.2) is 0 Å². The van der Waals surface area contributed by atoms with Gasteiger partial charge < -0.3 is 4.23 Å².